The quantitative estimate of drug-likeness (QED) is 0.365. The lowest BCUT2D eigenvalue weighted by molar-refractivity contribution is -0.138. The van der Waals surface area contributed by atoms with Gasteiger partial charge < -0.3 is 21.1 Å². The van der Waals surface area contributed by atoms with Gasteiger partial charge in [0.15, 0.2) is 0 Å². The molecule has 1 saturated heterocycles. The first kappa shape index (κ1) is 30.3. The molecule has 1 aromatic heterocycles. The molecule has 0 spiro atoms. The van der Waals surface area contributed by atoms with Gasteiger partial charge in [-0.15, -0.1) is 0 Å². The van der Waals surface area contributed by atoms with E-state index in [1.54, 1.807) is 18.2 Å². The molecule has 2 heterocycles. The Labute approximate surface area is 241 Å². The lowest BCUT2D eigenvalue weighted by Crippen LogP contribution is -2.59. The van der Waals surface area contributed by atoms with E-state index < -0.39 is 29.4 Å². The number of halogens is 3. The Morgan fingerprint density at radius 1 is 1.10 bits per heavy atom. The fourth-order valence-corrected chi connectivity index (χ4v) is 4.66. The number of amides is 2. The Kier molecular flexibility index (Phi) is 8.72. The average molecular weight is 581 g/mol. The summed E-state index contributed by atoms with van der Waals surface area (Å²) in [7, 11) is 0. The van der Waals surface area contributed by atoms with Gasteiger partial charge in [-0.2, -0.15) is 13.2 Å². The molecular formula is C30H31F3N6O3. The van der Waals surface area contributed by atoms with Gasteiger partial charge in [0.05, 0.1) is 6.04 Å². The lowest BCUT2D eigenvalue weighted by atomic mass is 9.84. The van der Waals surface area contributed by atoms with Crippen LogP contribution in [0, 0.1) is 17.3 Å². The van der Waals surface area contributed by atoms with Crippen molar-refractivity contribution in [2.45, 2.75) is 39.5 Å². The van der Waals surface area contributed by atoms with Crippen LogP contribution in [0.25, 0.3) is 0 Å². The number of carbonyl (C=O) groups is 2. The molecule has 0 bridgehead atoms. The fourth-order valence-electron chi connectivity index (χ4n) is 4.66. The number of aromatic nitrogens is 2. The highest BCUT2D eigenvalue weighted by atomic mass is 19.4. The van der Waals surface area contributed by atoms with Crippen LogP contribution in [0.3, 0.4) is 0 Å². The SMILES string of the molecule is CC(C)(C)C1CN(Cc2ccc(Nc3ncc(C(F)(F)F)c(C#Cc4cccc(C(N)=O)c4)n3)cc2)CCN1C(=O)O. The van der Waals surface area contributed by atoms with Crippen LogP contribution in [0.15, 0.2) is 54.7 Å². The average Bonchev–Trinajstić information content (AvgIpc) is 2.92. The number of primary amides is 1. The number of piperazine rings is 1. The monoisotopic (exact) mass is 580 g/mol. The van der Waals surface area contributed by atoms with E-state index in [9.17, 15) is 27.9 Å². The number of nitrogens with zero attached hydrogens (tertiary/aromatic N) is 4. The first-order valence-corrected chi connectivity index (χ1v) is 13.1. The van der Waals surface area contributed by atoms with Gasteiger partial charge in [0.2, 0.25) is 11.9 Å². The largest absolute Gasteiger partial charge is 0.465 e. The minimum atomic E-state index is -4.72. The Balaban J connectivity index is 1.49. The number of carboxylic acid groups (broad SMARTS) is 1. The molecule has 0 radical (unpaired) electrons. The molecule has 9 nitrogen and oxygen atoms in total. The van der Waals surface area contributed by atoms with E-state index in [4.69, 9.17) is 5.73 Å². The summed E-state index contributed by atoms with van der Waals surface area (Å²) >= 11 is 0. The zero-order chi connectivity index (χ0) is 30.7. The van der Waals surface area contributed by atoms with Gasteiger partial charge in [-0.05, 0) is 47.2 Å². The highest BCUT2D eigenvalue weighted by Gasteiger charge is 2.38. The summed E-state index contributed by atoms with van der Waals surface area (Å²) in [5.41, 5.74) is 5.50. The van der Waals surface area contributed by atoms with Gasteiger partial charge in [-0.1, -0.05) is 44.9 Å². The minimum absolute atomic E-state index is 0.0660. The molecule has 220 valence electrons. The number of alkyl halides is 3. The van der Waals surface area contributed by atoms with Crippen LogP contribution in [0.1, 0.15) is 53.5 Å². The van der Waals surface area contributed by atoms with Crippen molar-refractivity contribution in [3.63, 3.8) is 0 Å². The topological polar surface area (TPSA) is 125 Å². The van der Waals surface area contributed by atoms with Crippen LogP contribution < -0.4 is 11.1 Å². The van der Waals surface area contributed by atoms with Gasteiger partial charge >= 0.3 is 12.3 Å². The summed E-state index contributed by atoms with van der Waals surface area (Å²) in [5, 5.41) is 12.5. The summed E-state index contributed by atoms with van der Waals surface area (Å²) < 4.78 is 40.9. The van der Waals surface area contributed by atoms with Crippen molar-refractivity contribution < 1.29 is 27.9 Å². The van der Waals surface area contributed by atoms with E-state index in [2.05, 4.69) is 32.0 Å². The van der Waals surface area contributed by atoms with Crippen LogP contribution in [-0.4, -0.2) is 62.6 Å². The van der Waals surface area contributed by atoms with Crippen LogP contribution in [0.4, 0.5) is 29.6 Å². The highest BCUT2D eigenvalue weighted by molar-refractivity contribution is 5.93. The second-order valence-corrected chi connectivity index (χ2v) is 11.1. The van der Waals surface area contributed by atoms with Gasteiger partial charge in [0.1, 0.15) is 11.3 Å². The zero-order valence-corrected chi connectivity index (χ0v) is 23.4. The van der Waals surface area contributed by atoms with E-state index in [0.717, 1.165) is 5.56 Å². The molecule has 4 rings (SSSR count). The summed E-state index contributed by atoms with van der Waals surface area (Å²) in [6.45, 7) is 8.33. The Hall–Kier alpha value is -4.63. The van der Waals surface area contributed by atoms with E-state index in [0.29, 0.717) is 43.6 Å². The number of hydrogen-bond donors (Lipinski definition) is 3. The van der Waals surface area contributed by atoms with E-state index >= 15 is 0 Å². The smallest absolute Gasteiger partial charge is 0.420 e. The first-order valence-electron chi connectivity index (χ1n) is 13.1. The summed E-state index contributed by atoms with van der Waals surface area (Å²) in [6.07, 6.45) is -4.96. The predicted octanol–water partition coefficient (Wildman–Crippen LogP) is 4.95. The van der Waals surface area contributed by atoms with Gasteiger partial charge in [-0.25, -0.2) is 14.8 Å². The molecule has 1 unspecified atom stereocenters. The second kappa shape index (κ2) is 12.1. The molecule has 1 fully saturated rings. The maximum atomic E-state index is 13.6. The third-order valence-electron chi connectivity index (χ3n) is 6.89. The van der Waals surface area contributed by atoms with Crippen LogP contribution >= 0.6 is 0 Å². The normalized spacial score (nSPS) is 16.0. The Morgan fingerprint density at radius 3 is 2.43 bits per heavy atom. The molecule has 42 heavy (non-hydrogen) atoms. The van der Waals surface area contributed by atoms with Gasteiger partial charge in [0.25, 0.3) is 0 Å². The molecule has 3 aromatic rings. The molecule has 0 aliphatic carbocycles. The van der Waals surface area contributed by atoms with Crippen LogP contribution in [-0.2, 0) is 12.7 Å². The Bertz CT molecular complexity index is 1520. The second-order valence-electron chi connectivity index (χ2n) is 11.1. The lowest BCUT2D eigenvalue weighted by Gasteiger charge is -2.46. The van der Waals surface area contributed by atoms with Crippen molar-refractivity contribution in [1.29, 1.82) is 0 Å². The standard InChI is InChI=1S/C30H31F3N6O3/c1-29(2,3)25-18-38(13-14-39(25)28(41)42)17-20-7-10-22(11-8-20)36-27-35-16-23(30(31,32)33)24(37-27)12-9-19-5-4-6-21(15-19)26(34)40/h4-8,10-11,15-16,25H,13-14,17-18H2,1-3H3,(H2,34,40)(H,41,42)(H,35,36,37). The van der Waals surface area contributed by atoms with Crippen molar-refractivity contribution in [2.75, 3.05) is 25.0 Å². The van der Waals surface area contributed by atoms with Crippen molar-refractivity contribution in [1.82, 2.24) is 19.8 Å². The van der Waals surface area contributed by atoms with Gasteiger partial charge in [-0.3, -0.25) is 9.69 Å². The van der Waals surface area contributed by atoms with Gasteiger partial charge in [0, 0.05) is 49.2 Å². The number of hydrogen-bond acceptors (Lipinski definition) is 6. The molecule has 1 atom stereocenters. The number of nitrogens with one attached hydrogen (secondary N) is 1. The maximum absolute atomic E-state index is 13.6. The molecule has 4 N–H and O–H groups in total. The third-order valence-corrected chi connectivity index (χ3v) is 6.89. The van der Waals surface area contributed by atoms with Crippen molar-refractivity contribution in [3.8, 4) is 11.8 Å². The summed E-state index contributed by atoms with van der Waals surface area (Å²) in [6, 6.07) is 13.1. The predicted molar refractivity (Wildman–Crippen MR) is 151 cm³/mol. The number of benzene rings is 2. The molecular weight excluding hydrogens is 549 g/mol. The maximum Gasteiger partial charge on any atom is 0.420 e. The first-order chi connectivity index (χ1) is 19.7. The number of nitrogens with two attached hydrogens (primary N) is 1. The van der Waals surface area contributed by atoms with E-state index in [1.165, 1.54) is 23.1 Å². The minimum Gasteiger partial charge on any atom is -0.465 e. The fraction of sp³-hybridized carbons (Fsp3) is 0.333. The number of carbonyl (C=O) groups excluding carboxylic acids is 1. The highest BCUT2D eigenvalue weighted by Crippen LogP contribution is 2.32. The molecule has 0 saturated carbocycles. The van der Waals surface area contributed by atoms with E-state index in [-0.39, 0.29) is 23.0 Å². The van der Waals surface area contributed by atoms with Crippen molar-refractivity contribution >= 4 is 23.6 Å². The van der Waals surface area contributed by atoms with Crippen molar-refractivity contribution in [2.24, 2.45) is 11.1 Å². The molecule has 1 aliphatic heterocycles. The Morgan fingerprint density at radius 2 is 1.81 bits per heavy atom. The number of anilines is 2. The van der Waals surface area contributed by atoms with E-state index in [1.807, 2.05) is 32.9 Å². The molecule has 12 heteroatoms. The summed E-state index contributed by atoms with van der Waals surface area (Å²) in [4.78, 5) is 34.7. The molecule has 2 aromatic carbocycles. The van der Waals surface area contributed by atoms with Crippen LogP contribution in [0.5, 0.6) is 0 Å². The van der Waals surface area contributed by atoms with Crippen molar-refractivity contribution in [3.05, 3.63) is 82.7 Å². The molecule has 2 amide bonds. The number of rotatable bonds is 5. The zero-order valence-electron chi connectivity index (χ0n) is 23.4. The van der Waals surface area contributed by atoms with Crippen LogP contribution in [0.2, 0.25) is 0 Å². The summed E-state index contributed by atoms with van der Waals surface area (Å²) in [5.74, 6) is 4.32. The third kappa shape index (κ3) is 7.55. The molecule has 1 aliphatic rings.